The summed E-state index contributed by atoms with van der Waals surface area (Å²) in [6.45, 7) is 5.40. The zero-order valence-electron chi connectivity index (χ0n) is 15.5. The number of pyridine rings is 1. The first kappa shape index (κ1) is 17.3. The van der Waals surface area contributed by atoms with Gasteiger partial charge >= 0.3 is 0 Å². The molecule has 7 heteroatoms. The second-order valence-corrected chi connectivity index (χ2v) is 7.47. The van der Waals surface area contributed by atoms with Crippen LogP contribution >= 0.6 is 0 Å². The van der Waals surface area contributed by atoms with Gasteiger partial charge in [-0.1, -0.05) is 0 Å². The Balaban J connectivity index is 2.08. The summed E-state index contributed by atoms with van der Waals surface area (Å²) in [7, 11) is 3.57. The van der Waals surface area contributed by atoms with Crippen LogP contribution in [0.3, 0.4) is 0 Å². The number of likely N-dealkylation sites (N-methyl/N-ethyl adjacent to an activating group) is 1. The SMILES string of the molecule is Cc1c(F)cc2c3c(c(=O)n(C)c2c1F)OCCC1CN(C)C(C)CN31. The molecule has 2 unspecified atom stereocenters. The lowest BCUT2D eigenvalue weighted by molar-refractivity contribution is 0.189. The van der Waals surface area contributed by atoms with Crippen molar-refractivity contribution in [2.75, 3.05) is 31.6 Å². The van der Waals surface area contributed by atoms with Gasteiger partial charge in [0.25, 0.3) is 5.56 Å². The number of hydrogen-bond acceptors (Lipinski definition) is 4. The molecule has 0 aliphatic carbocycles. The molecule has 2 aliphatic heterocycles. The highest BCUT2D eigenvalue weighted by Gasteiger charge is 2.36. The van der Waals surface area contributed by atoms with Crippen LogP contribution in [-0.4, -0.2) is 48.3 Å². The van der Waals surface area contributed by atoms with Crippen LogP contribution in [0.15, 0.2) is 10.9 Å². The summed E-state index contributed by atoms with van der Waals surface area (Å²) in [5, 5.41) is 0.395. The van der Waals surface area contributed by atoms with Gasteiger partial charge in [0.2, 0.25) is 5.75 Å². The van der Waals surface area contributed by atoms with Crippen molar-refractivity contribution >= 4 is 16.6 Å². The van der Waals surface area contributed by atoms with E-state index in [0.29, 0.717) is 24.2 Å². The fourth-order valence-corrected chi connectivity index (χ4v) is 4.11. The topological polar surface area (TPSA) is 37.7 Å². The quantitative estimate of drug-likeness (QED) is 0.721. The number of halogens is 2. The van der Waals surface area contributed by atoms with Gasteiger partial charge in [0.05, 0.1) is 17.8 Å². The summed E-state index contributed by atoms with van der Waals surface area (Å²) in [5.41, 5.74) is 0.196. The molecule has 2 aromatic rings. The Labute approximate surface area is 150 Å². The Bertz CT molecular complexity index is 956. The van der Waals surface area contributed by atoms with Gasteiger partial charge in [0, 0.05) is 49.6 Å². The lowest BCUT2D eigenvalue weighted by Gasteiger charge is -2.44. The second kappa shape index (κ2) is 5.94. The highest BCUT2D eigenvalue weighted by atomic mass is 19.1. The van der Waals surface area contributed by atoms with E-state index in [0.717, 1.165) is 13.0 Å². The van der Waals surface area contributed by atoms with E-state index in [1.807, 2.05) is 0 Å². The van der Waals surface area contributed by atoms with E-state index in [1.165, 1.54) is 24.6 Å². The molecular formula is C19H23F2N3O2. The molecule has 0 spiro atoms. The number of piperazine rings is 1. The average Bonchev–Trinajstić information content (AvgIpc) is 2.77. The summed E-state index contributed by atoms with van der Waals surface area (Å²) >= 11 is 0. The fraction of sp³-hybridized carbons (Fsp3) is 0.526. The third-order valence-corrected chi connectivity index (χ3v) is 5.86. The largest absolute Gasteiger partial charge is 0.486 e. The highest BCUT2D eigenvalue weighted by molar-refractivity contribution is 5.96. The van der Waals surface area contributed by atoms with Crippen molar-refractivity contribution in [3.63, 3.8) is 0 Å². The summed E-state index contributed by atoms with van der Waals surface area (Å²) in [5.74, 6) is -1.11. The first-order chi connectivity index (χ1) is 12.3. The predicted molar refractivity (Wildman–Crippen MR) is 97.2 cm³/mol. The van der Waals surface area contributed by atoms with Crippen LogP contribution in [0.2, 0.25) is 0 Å². The molecule has 1 aromatic heterocycles. The van der Waals surface area contributed by atoms with E-state index < -0.39 is 11.6 Å². The van der Waals surface area contributed by atoms with Crippen molar-refractivity contribution in [2.45, 2.75) is 32.4 Å². The Morgan fingerprint density at radius 3 is 2.69 bits per heavy atom. The van der Waals surface area contributed by atoms with Crippen LogP contribution in [0.25, 0.3) is 10.9 Å². The van der Waals surface area contributed by atoms with Gasteiger partial charge in [-0.2, -0.15) is 0 Å². The third kappa shape index (κ3) is 2.33. The van der Waals surface area contributed by atoms with Crippen molar-refractivity contribution in [3.05, 3.63) is 33.6 Å². The van der Waals surface area contributed by atoms with Crippen LogP contribution in [0.1, 0.15) is 18.9 Å². The summed E-state index contributed by atoms with van der Waals surface area (Å²) in [6.07, 6.45) is 0.757. The average molecular weight is 363 g/mol. The minimum absolute atomic E-state index is 0.0784. The molecule has 2 atom stereocenters. The van der Waals surface area contributed by atoms with E-state index in [-0.39, 0.29) is 34.5 Å². The van der Waals surface area contributed by atoms with Crippen LogP contribution in [0.5, 0.6) is 5.75 Å². The van der Waals surface area contributed by atoms with Crippen molar-refractivity contribution in [2.24, 2.45) is 7.05 Å². The predicted octanol–water partition coefficient (Wildman–Crippen LogP) is 2.42. The molecule has 0 radical (unpaired) electrons. The van der Waals surface area contributed by atoms with E-state index >= 15 is 0 Å². The van der Waals surface area contributed by atoms with Crippen molar-refractivity contribution in [1.82, 2.24) is 9.47 Å². The summed E-state index contributed by atoms with van der Waals surface area (Å²) in [6, 6.07) is 1.73. The molecule has 140 valence electrons. The summed E-state index contributed by atoms with van der Waals surface area (Å²) < 4.78 is 36.3. The van der Waals surface area contributed by atoms with Crippen LogP contribution in [0, 0.1) is 18.6 Å². The maximum absolute atomic E-state index is 14.9. The second-order valence-electron chi connectivity index (χ2n) is 7.47. The number of anilines is 1. The number of rotatable bonds is 0. The molecule has 5 nitrogen and oxygen atoms in total. The van der Waals surface area contributed by atoms with Gasteiger partial charge in [-0.3, -0.25) is 9.69 Å². The Morgan fingerprint density at radius 1 is 1.23 bits per heavy atom. The lowest BCUT2D eigenvalue weighted by Crippen LogP contribution is -2.56. The number of ether oxygens (including phenoxy) is 1. The number of hydrogen-bond donors (Lipinski definition) is 0. The molecule has 1 saturated heterocycles. The number of nitrogens with zero attached hydrogens (tertiary/aromatic N) is 3. The Hall–Kier alpha value is -2.15. The van der Waals surface area contributed by atoms with Crippen molar-refractivity contribution in [3.8, 4) is 5.75 Å². The molecule has 0 N–H and O–H groups in total. The zero-order chi connectivity index (χ0) is 18.7. The molecule has 1 fully saturated rings. The number of fused-ring (bicyclic) bond motifs is 5. The van der Waals surface area contributed by atoms with Gasteiger partial charge in [-0.05, 0) is 27.0 Å². The maximum Gasteiger partial charge on any atom is 0.295 e. The van der Waals surface area contributed by atoms with Crippen LogP contribution < -0.4 is 15.2 Å². The minimum Gasteiger partial charge on any atom is -0.486 e. The van der Waals surface area contributed by atoms with E-state index in [2.05, 4.69) is 23.8 Å². The van der Waals surface area contributed by atoms with E-state index in [1.54, 1.807) is 0 Å². The Morgan fingerprint density at radius 2 is 1.96 bits per heavy atom. The monoisotopic (exact) mass is 363 g/mol. The maximum atomic E-state index is 14.9. The standard InChI is InChI=1S/C19H23F2N3O2/c1-10-8-24-12(9-22(10)3)5-6-26-18-17(24)13-7-14(20)11(2)15(21)16(13)23(4)19(18)25/h7,10,12H,5-6,8-9H2,1-4H3. The minimum atomic E-state index is -0.689. The fourth-order valence-electron chi connectivity index (χ4n) is 4.11. The third-order valence-electron chi connectivity index (χ3n) is 5.86. The van der Waals surface area contributed by atoms with E-state index in [4.69, 9.17) is 4.74 Å². The van der Waals surface area contributed by atoms with Gasteiger partial charge < -0.3 is 14.2 Å². The summed E-state index contributed by atoms with van der Waals surface area (Å²) in [4.78, 5) is 17.3. The molecule has 0 saturated carbocycles. The molecule has 1 aromatic carbocycles. The smallest absolute Gasteiger partial charge is 0.295 e. The molecule has 0 amide bonds. The van der Waals surface area contributed by atoms with Gasteiger partial charge in [-0.15, -0.1) is 0 Å². The molecule has 0 bridgehead atoms. The highest BCUT2D eigenvalue weighted by Crippen LogP contribution is 2.40. The zero-order valence-corrected chi connectivity index (χ0v) is 15.5. The lowest BCUT2D eigenvalue weighted by atomic mass is 10.0. The first-order valence-corrected chi connectivity index (χ1v) is 8.92. The number of benzene rings is 1. The molecular weight excluding hydrogens is 340 g/mol. The molecule has 3 heterocycles. The van der Waals surface area contributed by atoms with E-state index in [9.17, 15) is 13.6 Å². The molecule has 4 rings (SSSR count). The van der Waals surface area contributed by atoms with Crippen LogP contribution in [-0.2, 0) is 7.05 Å². The molecule has 2 aliphatic rings. The van der Waals surface area contributed by atoms with Gasteiger partial charge in [0.15, 0.2) is 5.82 Å². The molecule has 26 heavy (non-hydrogen) atoms. The van der Waals surface area contributed by atoms with Gasteiger partial charge in [-0.25, -0.2) is 8.78 Å². The van der Waals surface area contributed by atoms with Crippen molar-refractivity contribution < 1.29 is 13.5 Å². The van der Waals surface area contributed by atoms with Gasteiger partial charge in [0.1, 0.15) is 5.82 Å². The first-order valence-electron chi connectivity index (χ1n) is 8.92. The Kier molecular flexibility index (Phi) is 3.95. The van der Waals surface area contributed by atoms with Crippen molar-refractivity contribution in [1.29, 1.82) is 0 Å². The number of aromatic nitrogens is 1. The normalized spacial score (nSPS) is 23.4. The van der Waals surface area contributed by atoms with Crippen LogP contribution in [0.4, 0.5) is 14.5 Å². The number of aryl methyl sites for hydroxylation is 1.